The van der Waals surface area contributed by atoms with E-state index in [0.29, 0.717) is 0 Å². The molecule has 0 aliphatic rings. The molecule has 11 heavy (non-hydrogen) atoms. The third kappa shape index (κ3) is 12.7. The van der Waals surface area contributed by atoms with E-state index in [1.807, 2.05) is 0 Å². The van der Waals surface area contributed by atoms with Crippen LogP contribution in [0.5, 0.6) is 0 Å². The van der Waals surface area contributed by atoms with Crippen molar-refractivity contribution in [1.29, 1.82) is 0 Å². The van der Waals surface area contributed by atoms with Crippen LogP contribution in [-0.4, -0.2) is 44.7 Å². The third-order valence-corrected chi connectivity index (χ3v) is 0.671. The SMILES string of the molecule is [2H]C([2H])([2H])[N+](CCOC(N)=O)(C([2H])([2H])[2H])C([2H])([2H])[2H].[Cl-]. The van der Waals surface area contributed by atoms with Crippen LogP contribution >= 0.6 is 0 Å². The Hall–Kier alpha value is -0.480. The Balaban J connectivity index is 0. The lowest BCUT2D eigenvalue weighted by Crippen LogP contribution is -3.00. The van der Waals surface area contributed by atoms with Crippen molar-refractivity contribution in [2.24, 2.45) is 5.73 Å². The molecule has 0 heterocycles. The maximum Gasteiger partial charge on any atom is 0.404 e. The minimum atomic E-state index is -3.35. The van der Waals surface area contributed by atoms with Gasteiger partial charge in [-0.25, -0.2) is 4.79 Å². The van der Waals surface area contributed by atoms with Gasteiger partial charge in [0.15, 0.2) is 0 Å². The summed E-state index contributed by atoms with van der Waals surface area (Å²) in [5.74, 6) is 0. The summed E-state index contributed by atoms with van der Waals surface area (Å²) in [7, 11) is 0. The van der Waals surface area contributed by atoms with Gasteiger partial charge in [-0.05, 0) is 0 Å². The number of carbonyl (C=O) groups is 1. The zero-order chi connectivity index (χ0) is 15.7. The lowest BCUT2D eigenvalue weighted by molar-refractivity contribution is -0.870. The van der Waals surface area contributed by atoms with Crippen molar-refractivity contribution < 1.29 is 38.8 Å². The number of carbonyl (C=O) groups excluding carboxylic acids is 1. The second kappa shape index (κ2) is 5.21. The summed E-state index contributed by atoms with van der Waals surface area (Å²) in [6, 6.07) is 0. The maximum absolute atomic E-state index is 10.4. The number of primary amides is 1. The summed E-state index contributed by atoms with van der Waals surface area (Å²) in [4.78, 5) is 10.4. The Kier molecular flexibility index (Phi) is 1.47. The highest BCUT2D eigenvalue weighted by atomic mass is 35.5. The van der Waals surface area contributed by atoms with Crippen molar-refractivity contribution >= 4 is 6.09 Å². The summed E-state index contributed by atoms with van der Waals surface area (Å²) in [6.45, 7) is -11.7. The molecular formula is C6H15ClN2O2. The molecule has 0 saturated heterocycles. The minimum absolute atomic E-state index is 0. The highest BCUT2D eigenvalue weighted by Crippen LogP contribution is 1.88. The smallest absolute Gasteiger partial charge is 0.404 e. The Morgan fingerprint density at radius 2 is 2.18 bits per heavy atom. The zero-order valence-corrected chi connectivity index (χ0v) is 6.39. The van der Waals surface area contributed by atoms with Crippen molar-refractivity contribution in [1.82, 2.24) is 0 Å². The fourth-order valence-corrected chi connectivity index (χ4v) is 0.283. The summed E-state index contributed by atoms with van der Waals surface area (Å²) >= 11 is 0. The van der Waals surface area contributed by atoms with Crippen LogP contribution in [0.4, 0.5) is 4.79 Å². The Bertz CT molecular complexity index is 301. The summed E-state index contributed by atoms with van der Waals surface area (Å²) in [5, 5.41) is 0. The van der Waals surface area contributed by atoms with Gasteiger partial charge in [-0.3, -0.25) is 0 Å². The van der Waals surface area contributed by atoms with E-state index >= 15 is 0 Å². The van der Waals surface area contributed by atoms with Crippen molar-refractivity contribution in [3.63, 3.8) is 0 Å². The number of ether oxygens (including phenoxy) is 1. The van der Waals surface area contributed by atoms with E-state index in [0.717, 1.165) is 0 Å². The predicted molar refractivity (Wildman–Crippen MR) is 38.4 cm³/mol. The van der Waals surface area contributed by atoms with Gasteiger partial charge in [-0.2, -0.15) is 0 Å². The first-order valence-electron chi connectivity index (χ1n) is 6.97. The number of hydrogen-bond donors (Lipinski definition) is 1. The number of quaternary nitrogens is 1. The van der Waals surface area contributed by atoms with E-state index in [-0.39, 0.29) is 12.4 Å². The first-order valence-corrected chi connectivity index (χ1v) is 2.47. The molecule has 1 amide bonds. The Morgan fingerprint density at radius 3 is 2.55 bits per heavy atom. The molecule has 0 aromatic rings. The molecule has 0 spiro atoms. The molecule has 0 atom stereocenters. The van der Waals surface area contributed by atoms with Gasteiger partial charge >= 0.3 is 6.09 Å². The molecule has 0 aromatic carbocycles. The fraction of sp³-hybridized carbons (Fsp3) is 0.833. The van der Waals surface area contributed by atoms with Gasteiger partial charge in [0.2, 0.25) is 0 Å². The highest BCUT2D eigenvalue weighted by Gasteiger charge is 2.06. The summed E-state index contributed by atoms with van der Waals surface area (Å²) < 4.78 is 67.3. The predicted octanol–water partition coefficient (Wildman–Crippen LogP) is -3.21. The lowest BCUT2D eigenvalue weighted by atomic mass is 10.5. The van der Waals surface area contributed by atoms with Gasteiger partial charge in [-0.1, -0.05) is 0 Å². The summed E-state index contributed by atoms with van der Waals surface area (Å²) in [6.07, 6.45) is -1.25. The van der Waals surface area contributed by atoms with Crippen LogP contribution in [0.25, 0.3) is 0 Å². The van der Waals surface area contributed by atoms with Crippen molar-refractivity contribution in [2.75, 3.05) is 34.1 Å². The lowest BCUT2D eigenvalue weighted by Gasteiger charge is -2.22. The van der Waals surface area contributed by atoms with E-state index in [1.54, 1.807) is 0 Å². The molecule has 68 valence electrons. The van der Waals surface area contributed by atoms with Crippen LogP contribution in [-0.2, 0) is 4.74 Å². The number of nitrogens with zero attached hydrogens (tertiary/aromatic N) is 1. The molecule has 0 aliphatic carbocycles. The van der Waals surface area contributed by atoms with Crippen LogP contribution in [0.15, 0.2) is 0 Å². The molecule has 2 N–H and O–H groups in total. The quantitative estimate of drug-likeness (QED) is 0.478. The number of halogens is 1. The van der Waals surface area contributed by atoms with Crippen molar-refractivity contribution in [3.8, 4) is 0 Å². The second-order valence-corrected chi connectivity index (χ2v) is 1.70. The highest BCUT2D eigenvalue weighted by molar-refractivity contribution is 5.64. The number of nitrogens with two attached hydrogens (primary N) is 1. The van der Waals surface area contributed by atoms with Gasteiger partial charge in [0, 0.05) is 0 Å². The monoisotopic (exact) mass is 191 g/mol. The molecule has 0 bridgehead atoms. The number of hydrogen-bond acceptors (Lipinski definition) is 2. The van der Waals surface area contributed by atoms with E-state index in [1.165, 1.54) is 0 Å². The van der Waals surface area contributed by atoms with Gasteiger partial charge in [0.05, 0.1) is 33.3 Å². The number of amides is 1. The molecule has 4 nitrogen and oxygen atoms in total. The second-order valence-electron chi connectivity index (χ2n) is 1.70. The van der Waals surface area contributed by atoms with Crippen LogP contribution in [0.1, 0.15) is 12.3 Å². The van der Waals surface area contributed by atoms with Gasteiger partial charge in [0.25, 0.3) is 0 Å². The van der Waals surface area contributed by atoms with E-state index in [9.17, 15) is 4.79 Å². The van der Waals surface area contributed by atoms with Crippen LogP contribution < -0.4 is 18.1 Å². The molecule has 0 unspecified atom stereocenters. The summed E-state index contributed by atoms with van der Waals surface area (Å²) in [5.41, 5.74) is 4.66. The molecule has 0 saturated carbocycles. The van der Waals surface area contributed by atoms with Crippen LogP contribution in [0.3, 0.4) is 0 Å². The van der Waals surface area contributed by atoms with E-state index < -0.39 is 44.7 Å². The fourth-order valence-electron chi connectivity index (χ4n) is 0.283. The maximum atomic E-state index is 10.4. The normalized spacial score (nSPS) is 25.6. The Labute approximate surface area is 85.9 Å². The first kappa shape index (κ1) is 3.11. The first-order chi connectivity index (χ1) is 8.17. The molecule has 0 aromatic heterocycles. The van der Waals surface area contributed by atoms with E-state index in [2.05, 4.69) is 10.5 Å². The zero-order valence-electron chi connectivity index (χ0n) is 14.6. The average Bonchev–Trinajstić information content (AvgIpc) is 2.04. The van der Waals surface area contributed by atoms with Gasteiger partial charge < -0.3 is 27.4 Å². The minimum Gasteiger partial charge on any atom is -1.00 e. The molecule has 0 aliphatic heterocycles. The largest absolute Gasteiger partial charge is 1.00 e. The van der Waals surface area contributed by atoms with Crippen LogP contribution in [0, 0.1) is 0 Å². The molecule has 0 rings (SSSR count). The standard InChI is InChI=1S/C6H14N2O2.ClH/c1-8(2,3)4-5-10-6(7)9;/h4-5H2,1-3H3,(H-,7,9);1H/i1D3,2D3,3D3;. The topological polar surface area (TPSA) is 52.3 Å². The van der Waals surface area contributed by atoms with Gasteiger partial charge in [0.1, 0.15) is 13.2 Å². The third-order valence-electron chi connectivity index (χ3n) is 0.671. The number of rotatable bonds is 3. The molecule has 5 heteroatoms. The van der Waals surface area contributed by atoms with Crippen molar-refractivity contribution in [3.05, 3.63) is 0 Å². The van der Waals surface area contributed by atoms with Crippen molar-refractivity contribution in [2.45, 2.75) is 0 Å². The van der Waals surface area contributed by atoms with Crippen LogP contribution in [0.2, 0.25) is 0 Å². The number of likely N-dealkylation sites (N-methyl/N-ethyl adjacent to an activating group) is 1. The molecule has 0 radical (unpaired) electrons. The Morgan fingerprint density at radius 1 is 1.64 bits per heavy atom. The van der Waals surface area contributed by atoms with E-state index in [4.69, 9.17) is 12.3 Å². The molecular weight excluding hydrogens is 168 g/mol. The average molecular weight is 192 g/mol. The molecule has 0 fully saturated rings. The van der Waals surface area contributed by atoms with Gasteiger partial charge in [-0.15, -0.1) is 0 Å².